The first kappa shape index (κ1) is 25.1. The Morgan fingerprint density at radius 2 is 1.07 bits per heavy atom. The van der Waals surface area contributed by atoms with E-state index in [2.05, 4.69) is 42.5 Å². The van der Waals surface area contributed by atoms with Gasteiger partial charge in [0.25, 0.3) is 0 Å². The summed E-state index contributed by atoms with van der Waals surface area (Å²) in [5.74, 6) is 2.64. The number of oxazole rings is 1. The Hall–Kier alpha value is -5.42. The van der Waals surface area contributed by atoms with Gasteiger partial charge in [0, 0.05) is 0 Å². The molecule has 0 saturated heterocycles. The molecule has 0 radical (unpaired) electrons. The van der Waals surface area contributed by atoms with Gasteiger partial charge in [0.15, 0.2) is 0 Å². The van der Waals surface area contributed by atoms with Crippen LogP contribution in [0.25, 0.3) is 86.8 Å². The minimum atomic E-state index is 0.130. The Labute approximate surface area is 258 Å². The molecule has 9 rings (SSSR count). The zero-order chi connectivity index (χ0) is 29.0. The van der Waals surface area contributed by atoms with Crippen LogP contribution in [0.2, 0.25) is 0 Å². The summed E-state index contributed by atoms with van der Waals surface area (Å²) in [4.78, 5) is 19.7. The van der Waals surface area contributed by atoms with Gasteiger partial charge in [-0.05, 0) is 0 Å². The molecule has 0 spiro atoms. The van der Waals surface area contributed by atoms with Crippen LogP contribution in [-0.2, 0) is 0 Å². The van der Waals surface area contributed by atoms with Crippen LogP contribution in [0.1, 0.15) is 0 Å². The fourth-order valence-corrected chi connectivity index (χ4v) is 8.35. The number of nitrogens with zero attached hydrogens (tertiary/aromatic N) is 4. The van der Waals surface area contributed by atoms with Crippen molar-refractivity contribution in [3.8, 4) is 45.6 Å². The summed E-state index contributed by atoms with van der Waals surface area (Å²) in [6.45, 7) is 0. The predicted octanol–water partition coefficient (Wildman–Crippen LogP) is 9.20. The SMILES string of the molecule is c1ccc(-c2nc(-c3ccccc3)nc(-c3ccc4c(ccc5[se]c6c(ccc7oc(-c8ccccc8)nc76)c54)c3)n2)cc1. The summed E-state index contributed by atoms with van der Waals surface area (Å²) in [6.07, 6.45) is 0. The fourth-order valence-electron chi connectivity index (χ4n) is 5.83. The van der Waals surface area contributed by atoms with Gasteiger partial charge in [-0.15, -0.1) is 0 Å². The third kappa shape index (κ3) is 4.15. The van der Waals surface area contributed by atoms with Crippen LogP contribution in [0.4, 0.5) is 0 Å². The summed E-state index contributed by atoms with van der Waals surface area (Å²) < 4.78 is 8.84. The van der Waals surface area contributed by atoms with E-state index in [0.717, 1.165) is 38.7 Å². The molecule has 0 amide bonds. The molecule has 5 nitrogen and oxygen atoms in total. The van der Waals surface area contributed by atoms with Crippen LogP contribution in [-0.4, -0.2) is 34.4 Å². The molecule has 3 heterocycles. The molecule has 6 aromatic carbocycles. The molecule has 0 bridgehead atoms. The van der Waals surface area contributed by atoms with E-state index in [1.807, 2.05) is 91.0 Å². The standard InChI is InChI=1S/C38H22N4OSe/c1-4-10-23(11-5-1)35-40-36(24-12-6-2-7-13-24)42-37(41-35)27-16-18-28-26(22-27)17-21-31-32(28)29-19-20-30-33(34(29)44-31)39-38(43-30)25-14-8-3-9-15-25/h1-22H. The average Bonchev–Trinajstić information content (AvgIpc) is 3.71. The Balaban J connectivity index is 1.21. The normalized spacial score (nSPS) is 11.6. The Morgan fingerprint density at radius 3 is 1.73 bits per heavy atom. The van der Waals surface area contributed by atoms with E-state index in [0.29, 0.717) is 23.4 Å². The molecular formula is C38H22N4OSe. The Bertz CT molecular complexity index is 2430. The zero-order valence-electron chi connectivity index (χ0n) is 23.3. The number of benzene rings is 6. The molecule has 0 aliphatic carbocycles. The van der Waals surface area contributed by atoms with Gasteiger partial charge in [-0.2, -0.15) is 0 Å². The molecule has 0 N–H and O–H groups in total. The van der Waals surface area contributed by atoms with Crippen LogP contribution in [0.5, 0.6) is 0 Å². The van der Waals surface area contributed by atoms with Crippen molar-refractivity contribution in [1.82, 2.24) is 19.9 Å². The van der Waals surface area contributed by atoms with Crippen LogP contribution < -0.4 is 0 Å². The quantitative estimate of drug-likeness (QED) is 0.182. The van der Waals surface area contributed by atoms with E-state index in [4.69, 9.17) is 24.4 Å². The molecule has 0 unspecified atom stereocenters. The Kier molecular flexibility index (Phi) is 5.76. The van der Waals surface area contributed by atoms with Crippen molar-refractivity contribution in [2.75, 3.05) is 0 Å². The summed E-state index contributed by atoms with van der Waals surface area (Å²) in [5.41, 5.74) is 5.66. The van der Waals surface area contributed by atoms with E-state index in [-0.39, 0.29) is 14.5 Å². The van der Waals surface area contributed by atoms with Gasteiger partial charge in [0.05, 0.1) is 0 Å². The topological polar surface area (TPSA) is 64.7 Å². The van der Waals surface area contributed by atoms with Gasteiger partial charge < -0.3 is 0 Å². The average molecular weight is 630 g/mol. The number of hydrogen-bond acceptors (Lipinski definition) is 5. The minimum absolute atomic E-state index is 0.130. The van der Waals surface area contributed by atoms with Crippen LogP contribution in [0.3, 0.4) is 0 Å². The molecular weight excluding hydrogens is 607 g/mol. The van der Waals surface area contributed by atoms with Crippen molar-refractivity contribution in [2.45, 2.75) is 0 Å². The van der Waals surface area contributed by atoms with Crippen LogP contribution in [0, 0.1) is 0 Å². The summed E-state index contributed by atoms with van der Waals surface area (Å²) >= 11 is 0.130. The number of fused-ring (bicyclic) bond motifs is 7. The molecule has 0 saturated carbocycles. The summed E-state index contributed by atoms with van der Waals surface area (Å²) in [5, 5.41) is 4.91. The molecule has 3 aromatic heterocycles. The molecule has 0 aliphatic rings. The van der Waals surface area contributed by atoms with Gasteiger partial charge in [0.1, 0.15) is 0 Å². The first-order valence-electron chi connectivity index (χ1n) is 14.4. The molecule has 44 heavy (non-hydrogen) atoms. The maximum atomic E-state index is 6.19. The van der Waals surface area contributed by atoms with Crippen molar-refractivity contribution in [2.24, 2.45) is 0 Å². The molecule has 9 aromatic rings. The number of hydrogen-bond donors (Lipinski definition) is 0. The molecule has 206 valence electrons. The number of rotatable bonds is 4. The molecule has 0 aliphatic heterocycles. The van der Waals surface area contributed by atoms with Gasteiger partial charge in [-0.1, -0.05) is 12.1 Å². The monoisotopic (exact) mass is 630 g/mol. The van der Waals surface area contributed by atoms with Gasteiger partial charge in [-0.25, -0.2) is 0 Å². The summed E-state index contributed by atoms with van der Waals surface area (Å²) in [7, 11) is 0. The second-order valence-electron chi connectivity index (χ2n) is 10.7. The van der Waals surface area contributed by atoms with E-state index in [1.165, 1.54) is 24.7 Å². The van der Waals surface area contributed by atoms with Gasteiger partial charge >= 0.3 is 247 Å². The first-order chi connectivity index (χ1) is 21.8. The molecule has 0 fully saturated rings. The van der Waals surface area contributed by atoms with Crippen LogP contribution in [0.15, 0.2) is 138 Å². The van der Waals surface area contributed by atoms with E-state index >= 15 is 0 Å². The maximum absolute atomic E-state index is 6.19. The van der Waals surface area contributed by atoms with E-state index < -0.39 is 0 Å². The van der Waals surface area contributed by atoms with Crippen molar-refractivity contribution < 1.29 is 4.42 Å². The summed E-state index contributed by atoms with van der Waals surface area (Å²) in [6, 6.07) is 45.5. The van der Waals surface area contributed by atoms with E-state index in [1.54, 1.807) is 0 Å². The second kappa shape index (κ2) is 10.1. The first-order valence-corrected chi connectivity index (χ1v) is 16.1. The molecule has 6 heteroatoms. The van der Waals surface area contributed by atoms with Gasteiger partial charge in [-0.3, -0.25) is 0 Å². The van der Waals surface area contributed by atoms with Crippen LogP contribution >= 0.6 is 0 Å². The van der Waals surface area contributed by atoms with Gasteiger partial charge in [0.2, 0.25) is 0 Å². The molecule has 0 atom stereocenters. The van der Waals surface area contributed by atoms with E-state index in [9.17, 15) is 0 Å². The predicted molar refractivity (Wildman–Crippen MR) is 179 cm³/mol. The third-order valence-electron chi connectivity index (χ3n) is 7.96. The fraction of sp³-hybridized carbons (Fsp3) is 0. The third-order valence-corrected chi connectivity index (χ3v) is 10.4. The zero-order valence-corrected chi connectivity index (χ0v) is 25.0. The van der Waals surface area contributed by atoms with Crippen molar-refractivity contribution in [3.05, 3.63) is 133 Å². The second-order valence-corrected chi connectivity index (χ2v) is 12.9. The van der Waals surface area contributed by atoms with Crippen molar-refractivity contribution in [3.63, 3.8) is 0 Å². The van der Waals surface area contributed by atoms with Crippen molar-refractivity contribution >= 4 is 55.7 Å². The van der Waals surface area contributed by atoms with Crippen molar-refractivity contribution in [1.29, 1.82) is 0 Å². The number of aromatic nitrogens is 4. The Morgan fingerprint density at radius 1 is 0.477 bits per heavy atom.